The SMILES string of the molecule is CC(C)=O.CCO.O.O. The van der Waals surface area contributed by atoms with Gasteiger partial charge >= 0.3 is 0 Å². The zero-order valence-corrected chi connectivity index (χ0v) is 6.06. The lowest BCUT2D eigenvalue weighted by Crippen LogP contribution is -1.69. The summed E-state index contributed by atoms with van der Waals surface area (Å²) >= 11 is 0. The number of carbonyl (C=O) groups is 1. The van der Waals surface area contributed by atoms with Crippen LogP contribution in [0.2, 0.25) is 0 Å². The van der Waals surface area contributed by atoms with Crippen LogP contribution in [0, 0.1) is 0 Å². The number of aliphatic hydroxyl groups is 1. The molecule has 0 aromatic rings. The van der Waals surface area contributed by atoms with E-state index < -0.39 is 0 Å². The van der Waals surface area contributed by atoms with Gasteiger partial charge in [-0.2, -0.15) is 0 Å². The molecule has 0 saturated heterocycles. The summed E-state index contributed by atoms with van der Waals surface area (Å²) in [6.07, 6.45) is 0. The molecule has 0 spiro atoms. The Hall–Kier alpha value is -0.450. The predicted molar refractivity (Wildman–Crippen MR) is 36.3 cm³/mol. The Bertz CT molecular complexity index is 40.2. The van der Waals surface area contributed by atoms with Crippen molar-refractivity contribution >= 4 is 5.78 Å². The van der Waals surface area contributed by atoms with Crippen molar-refractivity contribution in [3.8, 4) is 0 Å². The lowest BCUT2D eigenvalue weighted by atomic mass is 10.6. The summed E-state index contributed by atoms with van der Waals surface area (Å²) in [6, 6.07) is 0. The van der Waals surface area contributed by atoms with Crippen LogP contribution >= 0.6 is 0 Å². The van der Waals surface area contributed by atoms with Crippen LogP contribution in [0.1, 0.15) is 20.8 Å². The Morgan fingerprint density at radius 2 is 1.33 bits per heavy atom. The van der Waals surface area contributed by atoms with Gasteiger partial charge in [-0.05, 0) is 20.8 Å². The number of hydrogen-bond donors (Lipinski definition) is 1. The first-order valence-corrected chi connectivity index (χ1v) is 2.23. The number of Topliss-reactive ketones (excluding diaryl/α,β-unsaturated/α-hetero) is 1. The van der Waals surface area contributed by atoms with Crippen molar-refractivity contribution in [1.82, 2.24) is 0 Å². The molecule has 60 valence electrons. The third-order valence-electron chi connectivity index (χ3n) is 0. The van der Waals surface area contributed by atoms with Crippen molar-refractivity contribution < 1.29 is 20.9 Å². The van der Waals surface area contributed by atoms with E-state index in [1.54, 1.807) is 6.92 Å². The van der Waals surface area contributed by atoms with E-state index in [-0.39, 0.29) is 23.3 Å². The number of carbonyl (C=O) groups excluding carboxylic acids is 1. The van der Waals surface area contributed by atoms with E-state index in [0.717, 1.165) is 0 Å². The van der Waals surface area contributed by atoms with Gasteiger partial charge in [0.25, 0.3) is 0 Å². The summed E-state index contributed by atoms with van der Waals surface area (Å²) in [5.41, 5.74) is 0. The Morgan fingerprint density at radius 3 is 1.33 bits per heavy atom. The van der Waals surface area contributed by atoms with E-state index in [1.807, 2.05) is 0 Å². The quantitative estimate of drug-likeness (QED) is 0.464. The first kappa shape index (κ1) is 23.5. The zero-order chi connectivity index (χ0) is 6.28. The average Bonchev–Trinajstić information content (AvgIpc) is 1.33. The highest BCUT2D eigenvalue weighted by Gasteiger charge is 1.62. The summed E-state index contributed by atoms with van der Waals surface area (Å²) in [7, 11) is 0. The van der Waals surface area contributed by atoms with Crippen molar-refractivity contribution in [2.75, 3.05) is 6.61 Å². The zero-order valence-electron chi connectivity index (χ0n) is 6.06. The van der Waals surface area contributed by atoms with E-state index in [1.165, 1.54) is 13.8 Å². The maximum atomic E-state index is 9.44. The number of hydrogen-bond acceptors (Lipinski definition) is 2. The Balaban J connectivity index is -0.0000000233. The smallest absolute Gasteiger partial charge is 0.126 e. The van der Waals surface area contributed by atoms with Crippen molar-refractivity contribution in [2.45, 2.75) is 20.8 Å². The molecule has 0 aliphatic rings. The van der Waals surface area contributed by atoms with Gasteiger partial charge in [-0.3, -0.25) is 0 Å². The van der Waals surface area contributed by atoms with Gasteiger partial charge in [0, 0.05) is 6.61 Å². The van der Waals surface area contributed by atoms with E-state index in [0.29, 0.717) is 0 Å². The molecule has 0 radical (unpaired) electrons. The highest BCUT2D eigenvalue weighted by molar-refractivity contribution is 5.72. The molecule has 0 aliphatic heterocycles. The standard InChI is InChI=1S/C3H6O.C2H6O.2H2O/c1-3(2)4;1-2-3;;/h1-2H3;3H,2H2,1H3;2*1H2. The first-order chi connectivity index (χ1) is 3.15. The molecule has 0 atom stereocenters. The lowest BCUT2D eigenvalue weighted by molar-refractivity contribution is -0.114. The minimum atomic E-state index is 0. The molecule has 0 aliphatic carbocycles. The van der Waals surface area contributed by atoms with Crippen molar-refractivity contribution in [3.63, 3.8) is 0 Å². The van der Waals surface area contributed by atoms with Gasteiger partial charge in [-0.15, -0.1) is 0 Å². The van der Waals surface area contributed by atoms with Gasteiger partial charge in [-0.25, -0.2) is 0 Å². The van der Waals surface area contributed by atoms with E-state index in [9.17, 15) is 4.79 Å². The molecule has 0 unspecified atom stereocenters. The lowest BCUT2D eigenvalue weighted by Gasteiger charge is -1.56. The van der Waals surface area contributed by atoms with Gasteiger partial charge in [0.15, 0.2) is 0 Å². The van der Waals surface area contributed by atoms with Gasteiger partial charge in [0.2, 0.25) is 0 Å². The summed E-state index contributed by atoms with van der Waals surface area (Å²) in [5.74, 6) is 0.167. The van der Waals surface area contributed by atoms with Crippen LogP contribution in [0.25, 0.3) is 0 Å². The van der Waals surface area contributed by atoms with Crippen LogP contribution in [-0.4, -0.2) is 28.4 Å². The average molecular weight is 140 g/mol. The molecule has 0 rings (SSSR count). The minimum absolute atomic E-state index is 0. The van der Waals surface area contributed by atoms with Gasteiger partial charge in [0.1, 0.15) is 5.78 Å². The second kappa shape index (κ2) is 25.7. The molecule has 4 nitrogen and oxygen atoms in total. The van der Waals surface area contributed by atoms with Crippen LogP contribution in [0.5, 0.6) is 0 Å². The van der Waals surface area contributed by atoms with Crippen molar-refractivity contribution in [3.05, 3.63) is 0 Å². The van der Waals surface area contributed by atoms with E-state index in [4.69, 9.17) is 5.11 Å². The Morgan fingerprint density at radius 1 is 1.33 bits per heavy atom. The molecule has 5 N–H and O–H groups in total. The molecule has 0 heterocycles. The van der Waals surface area contributed by atoms with Crippen molar-refractivity contribution in [1.29, 1.82) is 0 Å². The second-order valence-corrected chi connectivity index (χ2v) is 1.22. The van der Waals surface area contributed by atoms with Crippen LogP contribution in [-0.2, 0) is 4.79 Å². The fourth-order valence-electron chi connectivity index (χ4n) is 0. The molecule has 0 bridgehead atoms. The monoisotopic (exact) mass is 140 g/mol. The van der Waals surface area contributed by atoms with Crippen molar-refractivity contribution in [2.24, 2.45) is 0 Å². The summed E-state index contributed by atoms with van der Waals surface area (Å²) in [5, 5.41) is 7.57. The number of ketones is 1. The molecule has 0 saturated carbocycles. The summed E-state index contributed by atoms with van der Waals surface area (Å²) in [4.78, 5) is 9.44. The normalized spacial score (nSPS) is 4.89. The Labute approximate surface area is 55.1 Å². The molecule has 0 aromatic carbocycles. The van der Waals surface area contributed by atoms with Gasteiger partial charge in [-0.1, -0.05) is 0 Å². The molecule has 9 heavy (non-hydrogen) atoms. The topological polar surface area (TPSA) is 100 Å². The molecule has 0 fully saturated rings. The van der Waals surface area contributed by atoms with Crippen LogP contribution in [0.4, 0.5) is 0 Å². The highest BCUT2D eigenvalue weighted by atomic mass is 16.2. The highest BCUT2D eigenvalue weighted by Crippen LogP contribution is 1.50. The molecular weight excluding hydrogens is 124 g/mol. The maximum absolute atomic E-state index is 9.44. The predicted octanol–water partition coefficient (Wildman–Crippen LogP) is -1.06. The number of rotatable bonds is 0. The largest absolute Gasteiger partial charge is 0.412 e. The number of aliphatic hydroxyl groups excluding tert-OH is 1. The van der Waals surface area contributed by atoms with Crippen LogP contribution in [0.15, 0.2) is 0 Å². The fourth-order valence-corrected chi connectivity index (χ4v) is 0. The minimum Gasteiger partial charge on any atom is -0.412 e. The Kier molecular flexibility index (Phi) is 67.2. The summed E-state index contributed by atoms with van der Waals surface area (Å²) in [6.45, 7) is 4.99. The summed E-state index contributed by atoms with van der Waals surface area (Å²) < 4.78 is 0. The molecule has 0 amide bonds. The molecular formula is C5H16O4. The van der Waals surface area contributed by atoms with Crippen LogP contribution in [0.3, 0.4) is 0 Å². The third-order valence-corrected chi connectivity index (χ3v) is 0. The maximum Gasteiger partial charge on any atom is 0.126 e. The van der Waals surface area contributed by atoms with E-state index >= 15 is 0 Å². The van der Waals surface area contributed by atoms with E-state index in [2.05, 4.69) is 0 Å². The van der Waals surface area contributed by atoms with Gasteiger partial charge < -0.3 is 20.9 Å². The molecule has 0 aromatic heterocycles. The van der Waals surface area contributed by atoms with Gasteiger partial charge in [0.05, 0.1) is 0 Å². The molecule has 4 heteroatoms. The second-order valence-electron chi connectivity index (χ2n) is 1.22. The van der Waals surface area contributed by atoms with Crippen LogP contribution < -0.4 is 0 Å². The first-order valence-electron chi connectivity index (χ1n) is 2.23. The fraction of sp³-hybridized carbons (Fsp3) is 0.800. The third kappa shape index (κ3) is 1150.